The predicted octanol–water partition coefficient (Wildman–Crippen LogP) is 0.845. The summed E-state index contributed by atoms with van der Waals surface area (Å²) in [7, 11) is 0. The molecule has 6 nitrogen and oxygen atoms in total. The van der Waals surface area contributed by atoms with Gasteiger partial charge in [-0.05, 0) is 5.56 Å². The third-order valence-corrected chi connectivity index (χ3v) is 2.64. The molecule has 0 fully saturated rings. The van der Waals surface area contributed by atoms with Gasteiger partial charge >= 0.3 is 5.97 Å². The van der Waals surface area contributed by atoms with Crippen LogP contribution in [0.5, 0.6) is 0 Å². The lowest BCUT2D eigenvalue weighted by Gasteiger charge is -2.17. The van der Waals surface area contributed by atoms with Gasteiger partial charge in [0.05, 0.1) is 12.5 Å². The Hall–Kier alpha value is -2.37. The highest BCUT2D eigenvalue weighted by Crippen LogP contribution is 2.16. The summed E-state index contributed by atoms with van der Waals surface area (Å²) in [5, 5.41) is 14.1. The maximum atomic E-state index is 11.7. The number of carbonyl (C=O) groups is 3. The van der Waals surface area contributed by atoms with Crippen molar-refractivity contribution in [3.63, 3.8) is 0 Å². The van der Waals surface area contributed by atoms with E-state index in [1.54, 1.807) is 24.3 Å². The van der Waals surface area contributed by atoms with Crippen LogP contribution in [0.4, 0.5) is 0 Å². The first-order valence-corrected chi connectivity index (χ1v) is 6.29. The molecule has 1 aromatic rings. The number of carboxylic acids is 1. The van der Waals surface area contributed by atoms with Gasteiger partial charge in [0.15, 0.2) is 0 Å². The molecule has 108 valence electrons. The Bertz CT molecular complexity index is 473. The number of benzene rings is 1. The van der Waals surface area contributed by atoms with Gasteiger partial charge in [0.25, 0.3) is 0 Å². The first kappa shape index (κ1) is 15.7. The second-order valence-corrected chi connectivity index (χ2v) is 4.36. The SMILES string of the molecule is CC(=O)NCCC(=O)NC(CC(=O)O)c1ccccc1. The molecule has 0 aliphatic carbocycles. The van der Waals surface area contributed by atoms with Crippen molar-refractivity contribution >= 4 is 17.8 Å². The molecule has 0 saturated carbocycles. The number of hydrogen-bond donors (Lipinski definition) is 3. The summed E-state index contributed by atoms with van der Waals surface area (Å²) < 4.78 is 0. The van der Waals surface area contributed by atoms with E-state index in [1.165, 1.54) is 6.92 Å². The summed E-state index contributed by atoms with van der Waals surface area (Å²) >= 11 is 0. The molecule has 3 N–H and O–H groups in total. The zero-order chi connectivity index (χ0) is 15.0. The molecule has 0 aliphatic rings. The summed E-state index contributed by atoms with van der Waals surface area (Å²) in [4.78, 5) is 33.3. The zero-order valence-electron chi connectivity index (χ0n) is 11.3. The minimum absolute atomic E-state index is 0.114. The van der Waals surface area contributed by atoms with Crippen molar-refractivity contribution in [3.05, 3.63) is 35.9 Å². The second-order valence-electron chi connectivity index (χ2n) is 4.36. The van der Waals surface area contributed by atoms with Crippen molar-refractivity contribution in [2.75, 3.05) is 6.54 Å². The van der Waals surface area contributed by atoms with Gasteiger partial charge < -0.3 is 15.7 Å². The Morgan fingerprint density at radius 2 is 1.85 bits per heavy atom. The molecule has 0 spiro atoms. The molecular weight excluding hydrogens is 260 g/mol. The van der Waals surface area contributed by atoms with E-state index >= 15 is 0 Å². The largest absolute Gasteiger partial charge is 0.481 e. The molecule has 0 radical (unpaired) electrons. The molecule has 6 heteroatoms. The highest BCUT2D eigenvalue weighted by Gasteiger charge is 2.17. The second kappa shape index (κ2) is 7.93. The first-order valence-electron chi connectivity index (χ1n) is 6.29. The van der Waals surface area contributed by atoms with Crippen molar-refractivity contribution in [3.8, 4) is 0 Å². The van der Waals surface area contributed by atoms with Crippen molar-refractivity contribution < 1.29 is 19.5 Å². The van der Waals surface area contributed by atoms with Gasteiger partial charge in [0, 0.05) is 19.9 Å². The minimum atomic E-state index is -0.985. The fraction of sp³-hybridized carbons (Fsp3) is 0.357. The van der Waals surface area contributed by atoms with Crippen LogP contribution in [-0.2, 0) is 14.4 Å². The third-order valence-electron chi connectivity index (χ3n) is 2.64. The number of amides is 2. The fourth-order valence-corrected chi connectivity index (χ4v) is 1.73. The number of rotatable bonds is 7. The molecule has 2 amide bonds. The van der Waals surface area contributed by atoms with E-state index in [1.807, 2.05) is 6.07 Å². The van der Waals surface area contributed by atoms with E-state index < -0.39 is 12.0 Å². The summed E-state index contributed by atoms with van der Waals surface area (Å²) in [6.45, 7) is 1.60. The summed E-state index contributed by atoms with van der Waals surface area (Å²) in [6.07, 6.45) is -0.0710. The van der Waals surface area contributed by atoms with Crippen molar-refractivity contribution in [1.82, 2.24) is 10.6 Å². The standard InChI is InChI=1S/C14H18N2O4/c1-10(17)15-8-7-13(18)16-12(9-14(19)20)11-5-3-2-4-6-11/h2-6,12H,7-9H2,1H3,(H,15,17)(H,16,18)(H,19,20). The lowest BCUT2D eigenvalue weighted by atomic mass is 10.0. The number of nitrogens with one attached hydrogen (secondary N) is 2. The van der Waals surface area contributed by atoms with E-state index in [2.05, 4.69) is 10.6 Å². The minimum Gasteiger partial charge on any atom is -0.481 e. The molecule has 0 aromatic heterocycles. The monoisotopic (exact) mass is 278 g/mol. The Balaban J connectivity index is 2.59. The Labute approximate surface area is 117 Å². The van der Waals surface area contributed by atoms with E-state index in [0.29, 0.717) is 0 Å². The van der Waals surface area contributed by atoms with E-state index in [0.717, 1.165) is 5.56 Å². The maximum Gasteiger partial charge on any atom is 0.305 e. The normalized spacial score (nSPS) is 11.4. The van der Waals surface area contributed by atoms with Gasteiger partial charge in [0.1, 0.15) is 0 Å². The predicted molar refractivity (Wildman–Crippen MR) is 72.9 cm³/mol. The van der Waals surface area contributed by atoms with Crippen LogP contribution in [0.25, 0.3) is 0 Å². The van der Waals surface area contributed by atoms with Gasteiger partial charge in [-0.1, -0.05) is 30.3 Å². The summed E-state index contributed by atoms with van der Waals surface area (Å²) in [5.74, 6) is -1.49. The molecule has 1 rings (SSSR count). The maximum absolute atomic E-state index is 11.7. The number of hydrogen-bond acceptors (Lipinski definition) is 3. The van der Waals surface area contributed by atoms with Gasteiger partial charge in [-0.15, -0.1) is 0 Å². The smallest absolute Gasteiger partial charge is 0.305 e. The van der Waals surface area contributed by atoms with Crippen molar-refractivity contribution in [1.29, 1.82) is 0 Å². The van der Waals surface area contributed by atoms with Crippen molar-refractivity contribution in [2.45, 2.75) is 25.8 Å². The average molecular weight is 278 g/mol. The molecule has 1 unspecified atom stereocenters. The third kappa shape index (κ3) is 5.99. The molecule has 0 heterocycles. The number of carboxylic acid groups (broad SMARTS) is 1. The van der Waals surface area contributed by atoms with E-state index in [4.69, 9.17) is 5.11 Å². The van der Waals surface area contributed by atoms with Gasteiger partial charge in [-0.25, -0.2) is 0 Å². The Morgan fingerprint density at radius 1 is 1.20 bits per heavy atom. The first-order chi connectivity index (χ1) is 9.49. The van der Waals surface area contributed by atoms with E-state index in [9.17, 15) is 14.4 Å². The van der Waals surface area contributed by atoms with Crippen LogP contribution >= 0.6 is 0 Å². The molecular formula is C14H18N2O4. The molecule has 0 bridgehead atoms. The topological polar surface area (TPSA) is 95.5 Å². The highest BCUT2D eigenvalue weighted by atomic mass is 16.4. The quantitative estimate of drug-likeness (QED) is 0.689. The molecule has 1 atom stereocenters. The average Bonchev–Trinajstić information content (AvgIpc) is 2.38. The number of aliphatic carboxylic acids is 1. The highest BCUT2D eigenvalue weighted by molar-refractivity contribution is 5.79. The van der Waals surface area contributed by atoms with Gasteiger partial charge in [-0.3, -0.25) is 14.4 Å². The number of carbonyl (C=O) groups excluding carboxylic acids is 2. The van der Waals surface area contributed by atoms with Crippen LogP contribution in [0.1, 0.15) is 31.4 Å². The summed E-state index contributed by atoms with van der Waals surface area (Å²) in [6, 6.07) is 8.35. The van der Waals surface area contributed by atoms with Gasteiger partial charge in [-0.2, -0.15) is 0 Å². The van der Waals surface area contributed by atoms with E-state index in [-0.39, 0.29) is 31.2 Å². The fourth-order valence-electron chi connectivity index (χ4n) is 1.73. The van der Waals surface area contributed by atoms with Crippen LogP contribution in [0, 0.1) is 0 Å². The van der Waals surface area contributed by atoms with Crippen LogP contribution in [0.3, 0.4) is 0 Å². The molecule has 0 aliphatic heterocycles. The Kier molecular flexibility index (Phi) is 6.22. The zero-order valence-corrected chi connectivity index (χ0v) is 11.3. The van der Waals surface area contributed by atoms with Crippen LogP contribution in [0.15, 0.2) is 30.3 Å². The molecule has 0 saturated heterocycles. The van der Waals surface area contributed by atoms with Crippen LogP contribution < -0.4 is 10.6 Å². The van der Waals surface area contributed by atoms with Crippen molar-refractivity contribution in [2.24, 2.45) is 0 Å². The van der Waals surface area contributed by atoms with Crippen LogP contribution in [-0.4, -0.2) is 29.4 Å². The Morgan fingerprint density at radius 3 is 2.40 bits per heavy atom. The lowest BCUT2D eigenvalue weighted by Crippen LogP contribution is -2.33. The lowest BCUT2D eigenvalue weighted by molar-refractivity contribution is -0.137. The van der Waals surface area contributed by atoms with Gasteiger partial charge in [0.2, 0.25) is 11.8 Å². The molecule has 20 heavy (non-hydrogen) atoms. The molecule has 1 aromatic carbocycles. The summed E-state index contributed by atoms with van der Waals surface area (Å²) in [5.41, 5.74) is 0.739. The van der Waals surface area contributed by atoms with Crippen LogP contribution in [0.2, 0.25) is 0 Å².